The molecule has 1 aromatic rings. The van der Waals surface area contributed by atoms with E-state index in [1.165, 1.54) is 12.4 Å². The molecule has 7 nitrogen and oxygen atoms in total. The Morgan fingerprint density at radius 2 is 1.90 bits per heavy atom. The number of likely N-dealkylation sites (tertiary alicyclic amines) is 1. The first-order valence-electron chi connectivity index (χ1n) is 6.57. The van der Waals surface area contributed by atoms with Crippen LogP contribution in [0.15, 0.2) is 17.3 Å². The van der Waals surface area contributed by atoms with Crippen LogP contribution in [-0.2, 0) is 10.0 Å². The Morgan fingerprint density at radius 3 is 2.45 bits per heavy atom. The molecule has 8 heteroatoms. The summed E-state index contributed by atoms with van der Waals surface area (Å²) < 4.78 is 27.0. The molecule has 20 heavy (non-hydrogen) atoms. The third kappa shape index (κ3) is 3.65. The smallest absolute Gasteiger partial charge is 0.243 e. The molecule has 0 atom stereocenters. The Hall–Kier alpha value is -1.25. The first kappa shape index (κ1) is 15.1. The van der Waals surface area contributed by atoms with E-state index in [9.17, 15) is 8.42 Å². The molecule has 2 rings (SSSR count). The van der Waals surface area contributed by atoms with Crippen LogP contribution in [-0.4, -0.2) is 50.0 Å². The zero-order valence-electron chi connectivity index (χ0n) is 11.8. The molecule has 1 saturated heterocycles. The van der Waals surface area contributed by atoms with Crippen molar-refractivity contribution in [2.24, 2.45) is 5.41 Å². The van der Waals surface area contributed by atoms with Crippen molar-refractivity contribution < 1.29 is 8.42 Å². The lowest BCUT2D eigenvalue weighted by Crippen LogP contribution is -2.43. The van der Waals surface area contributed by atoms with E-state index in [0.29, 0.717) is 6.54 Å². The molecule has 2 heterocycles. The van der Waals surface area contributed by atoms with E-state index in [1.807, 2.05) is 0 Å². The molecule has 0 unspecified atom stereocenters. The zero-order valence-corrected chi connectivity index (χ0v) is 12.7. The van der Waals surface area contributed by atoms with Gasteiger partial charge in [0.15, 0.2) is 0 Å². The summed E-state index contributed by atoms with van der Waals surface area (Å²) in [5.41, 5.74) is 5.35. The van der Waals surface area contributed by atoms with Crippen LogP contribution in [0.2, 0.25) is 0 Å². The van der Waals surface area contributed by atoms with Crippen molar-refractivity contribution in [2.45, 2.75) is 24.7 Å². The topological polar surface area (TPSA) is 101 Å². The second kappa shape index (κ2) is 5.63. The van der Waals surface area contributed by atoms with Gasteiger partial charge < -0.3 is 10.6 Å². The Morgan fingerprint density at radius 1 is 1.35 bits per heavy atom. The summed E-state index contributed by atoms with van der Waals surface area (Å²) in [6, 6.07) is 0. The van der Waals surface area contributed by atoms with Gasteiger partial charge in [0, 0.05) is 6.54 Å². The summed E-state index contributed by atoms with van der Waals surface area (Å²) in [5.74, 6) is 0.0613. The third-order valence-electron chi connectivity index (χ3n) is 3.84. The van der Waals surface area contributed by atoms with Crippen molar-refractivity contribution in [3.05, 3.63) is 12.4 Å². The summed E-state index contributed by atoms with van der Waals surface area (Å²) in [5, 5.41) is 0. The largest absolute Gasteiger partial charge is 0.368 e. The Bertz CT molecular complexity index is 550. The molecule has 0 aliphatic carbocycles. The number of nitrogen functional groups attached to an aromatic ring is 1. The number of aromatic nitrogens is 2. The molecule has 1 aliphatic heterocycles. The van der Waals surface area contributed by atoms with Crippen LogP contribution in [0, 0.1) is 5.41 Å². The number of rotatable bonds is 4. The van der Waals surface area contributed by atoms with Crippen LogP contribution in [0.1, 0.15) is 19.8 Å². The van der Waals surface area contributed by atoms with Gasteiger partial charge in [-0.05, 0) is 38.4 Å². The van der Waals surface area contributed by atoms with Crippen LogP contribution < -0.4 is 10.5 Å². The van der Waals surface area contributed by atoms with Crippen molar-refractivity contribution in [2.75, 3.05) is 32.4 Å². The number of nitrogens with two attached hydrogens (primary N) is 1. The van der Waals surface area contributed by atoms with Crippen molar-refractivity contribution in [1.82, 2.24) is 19.6 Å². The monoisotopic (exact) mass is 299 g/mol. The van der Waals surface area contributed by atoms with Gasteiger partial charge in [-0.1, -0.05) is 6.92 Å². The average Bonchev–Trinajstić information content (AvgIpc) is 2.41. The highest BCUT2D eigenvalue weighted by Crippen LogP contribution is 2.29. The van der Waals surface area contributed by atoms with Gasteiger partial charge in [0.05, 0.1) is 12.4 Å². The maximum Gasteiger partial charge on any atom is 0.243 e. The number of anilines is 1. The molecule has 0 saturated carbocycles. The van der Waals surface area contributed by atoms with Gasteiger partial charge in [-0.2, -0.15) is 0 Å². The maximum absolute atomic E-state index is 12.2. The average molecular weight is 299 g/mol. The molecule has 0 spiro atoms. The highest BCUT2D eigenvalue weighted by Gasteiger charge is 2.30. The van der Waals surface area contributed by atoms with Crippen LogP contribution in [0.25, 0.3) is 0 Å². The molecule has 3 N–H and O–H groups in total. The second-order valence-corrected chi connectivity index (χ2v) is 7.48. The summed E-state index contributed by atoms with van der Waals surface area (Å²) >= 11 is 0. The van der Waals surface area contributed by atoms with E-state index < -0.39 is 10.0 Å². The minimum absolute atomic E-state index is 0.00571. The minimum Gasteiger partial charge on any atom is -0.368 e. The number of hydrogen-bond acceptors (Lipinski definition) is 6. The van der Waals surface area contributed by atoms with E-state index in [4.69, 9.17) is 5.73 Å². The van der Waals surface area contributed by atoms with Crippen LogP contribution in [0.5, 0.6) is 0 Å². The minimum atomic E-state index is -3.57. The van der Waals surface area contributed by atoms with E-state index in [-0.39, 0.29) is 16.3 Å². The molecule has 0 bridgehead atoms. The highest BCUT2D eigenvalue weighted by molar-refractivity contribution is 7.89. The standard InChI is InChI=1S/C12H21N5O2S/c1-12(3-5-17(2)6-4-12)9-16-20(18,19)10-7-14-11(13)15-8-10/h7-8,16H,3-6,9H2,1-2H3,(H2,13,14,15). The van der Waals surface area contributed by atoms with E-state index in [1.54, 1.807) is 0 Å². The molecule has 112 valence electrons. The van der Waals surface area contributed by atoms with Crippen LogP contribution >= 0.6 is 0 Å². The zero-order chi connectivity index (χ0) is 14.8. The summed E-state index contributed by atoms with van der Waals surface area (Å²) in [6.07, 6.45) is 4.40. The van der Waals surface area contributed by atoms with Gasteiger partial charge in [0.2, 0.25) is 16.0 Å². The van der Waals surface area contributed by atoms with Gasteiger partial charge in [-0.15, -0.1) is 0 Å². The van der Waals surface area contributed by atoms with Crippen molar-refractivity contribution in [1.29, 1.82) is 0 Å². The Kier molecular flexibility index (Phi) is 4.26. The predicted molar refractivity (Wildman–Crippen MR) is 76.5 cm³/mol. The fourth-order valence-corrected chi connectivity index (χ4v) is 3.24. The highest BCUT2D eigenvalue weighted by atomic mass is 32.2. The fraction of sp³-hybridized carbons (Fsp3) is 0.667. The summed E-state index contributed by atoms with van der Waals surface area (Å²) in [6.45, 7) is 4.52. The lowest BCUT2D eigenvalue weighted by Gasteiger charge is -2.37. The van der Waals surface area contributed by atoms with Crippen molar-refractivity contribution in [3.8, 4) is 0 Å². The number of piperidine rings is 1. The third-order valence-corrected chi connectivity index (χ3v) is 5.20. The SMILES string of the molecule is CN1CCC(C)(CNS(=O)(=O)c2cnc(N)nc2)CC1. The molecule has 1 aliphatic rings. The Balaban J connectivity index is 2.00. The van der Waals surface area contributed by atoms with Crippen LogP contribution in [0.4, 0.5) is 5.95 Å². The quantitative estimate of drug-likeness (QED) is 0.816. The first-order valence-corrected chi connectivity index (χ1v) is 8.05. The predicted octanol–water partition coefficient (Wildman–Crippen LogP) is 0.0690. The second-order valence-electron chi connectivity index (χ2n) is 5.72. The summed E-state index contributed by atoms with van der Waals surface area (Å²) in [4.78, 5) is 9.72. The van der Waals surface area contributed by atoms with Gasteiger partial charge >= 0.3 is 0 Å². The molecule has 0 radical (unpaired) electrons. The number of nitrogens with one attached hydrogen (secondary N) is 1. The molecule has 1 aromatic heterocycles. The summed E-state index contributed by atoms with van der Waals surface area (Å²) in [7, 11) is -1.49. The van der Waals surface area contributed by atoms with Gasteiger partial charge in [0.25, 0.3) is 0 Å². The van der Waals surface area contributed by atoms with Gasteiger partial charge in [0.1, 0.15) is 4.90 Å². The Labute approximate surface area is 119 Å². The van der Waals surface area contributed by atoms with Gasteiger partial charge in [-0.25, -0.2) is 23.1 Å². The van der Waals surface area contributed by atoms with Crippen molar-refractivity contribution in [3.63, 3.8) is 0 Å². The lowest BCUT2D eigenvalue weighted by molar-refractivity contribution is 0.143. The number of sulfonamides is 1. The van der Waals surface area contributed by atoms with Crippen molar-refractivity contribution >= 4 is 16.0 Å². The normalized spacial score (nSPS) is 19.9. The van der Waals surface area contributed by atoms with E-state index in [2.05, 4.69) is 33.6 Å². The first-order chi connectivity index (χ1) is 9.31. The molecule has 1 fully saturated rings. The molecule has 0 aromatic carbocycles. The van der Waals surface area contributed by atoms with Crippen LogP contribution in [0.3, 0.4) is 0 Å². The number of hydrogen-bond donors (Lipinski definition) is 2. The molecular weight excluding hydrogens is 278 g/mol. The fourth-order valence-electron chi connectivity index (χ4n) is 2.15. The van der Waals surface area contributed by atoms with Gasteiger partial charge in [-0.3, -0.25) is 0 Å². The molecular formula is C12H21N5O2S. The maximum atomic E-state index is 12.2. The number of nitrogens with zero attached hydrogens (tertiary/aromatic N) is 3. The van der Waals surface area contributed by atoms with E-state index in [0.717, 1.165) is 25.9 Å². The molecule has 0 amide bonds. The van der Waals surface area contributed by atoms with E-state index >= 15 is 0 Å². The lowest BCUT2D eigenvalue weighted by atomic mass is 9.81.